The fourth-order valence-electron chi connectivity index (χ4n) is 4.94. The number of nitrogens with zero attached hydrogens (tertiary/aromatic N) is 1. The molecule has 2 unspecified atom stereocenters. The Labute approximate surface area is 226 Å². The van der Waals surface area contributed by atoms with E-state index >= 15 is 0 Å². The van der Waals surface area contributed by atoms with E-state index in [1.807, 2.05) is 21.1 Å². The normalized spacial score (nSPS) is 14.9. The Morgan fingerprint density at radius 3 is 1.42 bits per heavy atom. The zero-order valence-electron chi connectivity index (χ0n) is 25.2. The first-order chi connectivity index (χ1) is 17.3. The Hall–Kier alpha value is -0.150. The molecule has 5 heteroatoms. The molecule has 0 aromatic heterocycles. The second kappa shape index (κ2) is 23.9. The molecular weight excluding hydrogens is 465 g/mol. The quantitative estimate of drug-likeness (QED) is 0.0497. The highest BCUT2D eigenvalue weighted by molar-refractivity contribution is 7.53. The second-order valence-corrected chi connectivity index (χ2v) is 13.8. The molecule has 4 nitrogen and oxygen atoms in total. The molecule has 0 rings (SSSR count). The fourth-order valence-corrected chi connectivity index (χ4v) is 6.96. The van der Waals surface area contributed by atoms with E-state index in [4.69, 9.17) is 4.52 Å². The van der Waals surface area contributed by atoms with E-state index in [0.29, 0.717) is 17.5 Å². The minimum atomic E-state index is -3.57. The van der Waals surface area contributed by atoms with Gasteiger partial charge in [0, 0.05) is 6.42 Å². The number of rotatable bonds is 27. The Bertz CT molecular complexity index is 544. The number of allylic oxidation sites excluding steroid dienone is 2. The molecule has 0 spiro atoms. The van der Waals surface area contributed by atoms with Gasteiger partial charge in [0.2, 0.25) is 0 Å². The Kier molecular flexibility index (Phi) is 23.8. The van der Waals surface area contributed by atoms with Gasteiger partial charge in [0.15, 0.2) is 5.78 Å². The summed E-state index contributed by atoms with van der Waals surface area (Å²) in [5.41, 5.74) is 0. The molecule has 0 saturated heterocycles. The molecule has 0 aliphatic rings. The summed E-state index contributed by atoms with van der Waals surface area (Å²) in [6.45, 7) is 4.73. The van der Waals surface area contributed by atoms with Crippen LogP contribution in [0.1, 0.15) is 155 Å². The third-order valence-corrected chi connectivity index (χ3v) is 9.51. The predicted molar refractivity (Wildman–Crippen MR) is 160 cm³/mol. The lowest BCUT2D eigenvalue weighted by atomic mass is 10.0. The highest BCUT2D eigenvalue weighted by Gasteiger charge is 2.41. The number of hydrogen-bond acceptors (Lipinski definition) is 2. The summed E-state index contributed by atoms with van der Waals surface area (Å²) in [5.74, 6) is -0.333. The molecule has 0 bridgehead atoms. The minimum absolute atomic E-state index is 0.333. The van der Waals surface area contributed by atoms with Crippen LogP contribution in [-0.2, 0) is 9.09 Å². The van der Waals surface area contributed by atoms with Gasteiger partial charge in [-0.15, -0.1) is 0 Å². The maximum absolute atomic E-state index is 12.7. The molecular formula is C31H65NO3P+. The highest BCUT2D eigenvalue weighted by Crippen LogP contribution is 2.51. The molecule has 0 radical (unpaired) electrons. The van der Waals surface area contributed by atoms with Crippen LogP contribution in [0.25, 0.3) is 0 Å². The molecule has 0 heterocycles. The average Bonchev–Trinajstić information content (AvgIpc) is 2.82. The minimum Gasteiger partial charge on any atom is -0.320 e. The van der Waals surface area contributed by atoms with Gasteiger partial charge in [-0.1, -0.05) is 122 Å². The molecule has 2 atom stereocenters. The average molecular weight is 531 g/mol. The maximum atomic E-state index is 12.7. The van der Waals surface area contributed by atoms with Crippen molar-refractivity contribution >= 4 is 7.60 Å². The molecule has 36 heavy (non-hydrogen) atoms. The topological polar surface area (TPSA) is 46.5 Å². The Balaban J connectivity index is 3.42. The van der Waals surface area contributed by atoms with Gasteiger partial charge in [0.25, 0.3) is 0 Å². The summed E-state index contributed by atoms with van der Waals surface area (Å²) in [4.78, 5) is 10.4. The molecule has 0 fully saturated rings. The smallest absolute Gasteiger partial charge is 0.320 e. The molecule has 0 aromatic rings. The lowest BCUT2D eigenvalue weighted by Gasteiger charge is -2.35. The summed E-state index contributed by atoms with van der Waals surface area (Å²) in [6.07, 6.45) is 32.8. The summed E-state index contributed by atoms with van der Waals surface area (Å²) in [6, 6.07) is 0. The summed E-state index contributed by atoms with van der Waals surface area (Å²) in [7, 11) is 2.36. The van der Waals surface area contributed by atoms with Crippen LogP contribution >= 0.6 is 7.60 Å². The summed E-state index contributed by atoms with van der Waals surface area (Å²) in [5, 5.41) is 0. The van der Waals surface area contributed by atoms with E-state index in [1.54, 1.807) is 0 Å². The molecule has 1 N–H and O–H groups in total. The third kappa shape index (κ3) is 21.9. The second-order valence-electron chi connectivity index (χ2n) is 11.8. The third-order valence-electron chi connectivity index (χ3n) is 7.25. The standard InChI is InChI=1S/C31H64NO3P/c1-6-8-9-10-11-12-13-14-15-16-17-18-19-20-21-22-23-24-25-26-27-28-30-35-36(33,34)31(29-7-2)32(3,4)5/h11-12,31H,6-10,13-30H2,1-5H3/p+1/b12-11-. The number of unbranched alkanes of at least 4 members (excludes halogenated alkanes) is 18. The lowest BCUT2D eigenvalue weighted by Crippen LogP contribution is -2.45. The first-order valence-electron chi connectivity index (χ1n) is 15.7. The van der Waals surface area contributed by atoms with Gasteiger partial charge >= 0.3 is 7.60 Å². The van der Waals surface area contributed by atoms with Crippen molar-refractivity contribution in [3.8, 4) is 0 Å². The predicted octanol–water partition coefficient (Wildman–Crippen LogP) is 10.4. The molecule has 0 aliphatic carbocycles. The van der Waals surface area contributed by atoms with E-state index < -0.39 is 7.60 Å². The van der Waals surface area contributed by atoms with Crippen LogP contribution in [0.3, 0.4) is 0 Å². The van der Waals surface area contributed by atoms with Crippen molar-refractivity contribution in [1.82, 2.24) is 0 Å². The van der Waals surface area contributed by atoms with Gasteiger partial charge in [-0.05, 0) is 38.5 Å². The van der Waals surface area contributed by atoms with Gasteiger partial charge in [-0.3, -0.25) is 4.57 Å². The van der Waals surface area contributed by atoms with Crippen LogP contribution in [0.4, 0.5) is 0 Å². The largest absolute Gasteiger partial charge is 0.385 e. The van der Waals surface area contributed by atoms with Crippen molar-refractivity contribution in [2.45, 2.75) is 161 Å². The van der Waals surface area contributed by atoms with Gasteiger partial charge in [0.05, 0.1) is 27.7 Å². The molecule has 216 valence electrons. The summed E-state index contributed by atoms with van der Waals surface area (Å²) < 4.78 is 18.7. The summed E-state index contributed by atoms with van der Waals surface area (Å²) >= 11 is 0. The fraction of sp³-hybridized carbons (Fsp3) is 0.935. The van der Waals surface area contributed by atoms with E-state index in [0.717, 1.165) is 19.3 Å². The SMILES string of the molecule is CCCCC/C=C\CCCCCCCCCCCCCCCCCOP(=O)(O)C(CCC)[N+](C)(C)C. The van der Waals surface area contributed by atoms with Gasteiger partial charge in [-0.2, -0.15) is 0 Å². The van der Waals surface area contributed by atoms with Crippen molar-refractivity contribution in [3.63, 3.8) is 0 Å². The van der Waals surface area contributed by atoms with Crippen LogP contribution in [-0.4, -0.2) is 42.9 Å². The van der Waals surface area contributed by atoms with E-state index in [2.05, 4.69) is 26.0 Å². The molecule has 0 aliphatic heterocycles. The zero-order chi connectivity index (χ0) is 27.0. The highest BCUT2D eigenvalue weighted by atomic mass is 31.2. The van der Waals surface area contributed by atoms with Crippen LogP contribution < -0.4 is 0 Å². The Morgan fingerprint density at radius 2 is 1.03 bits per heavy atom. The van der Waals surface area contributed by atoms with E-state index in [9.17, 15) is 9.46 Å². The van der Waals surface area contributed by atoms with Crippen molar-refractivity contribution in [1.29, 1.82) is 0 Å². The van der Waals surface area contributed by atoms with Gasteiger partial charge < -0.3 is 13.9 Å². The van der Waals surface area contributed by atoms with Crippen LogP contribution in [0.15, 0.2) is 12.2 Å². The van der Waals surface area contributed by atoms with Crippen molar-refractivity contribution < 1.29 is 18.5 Å². The first kappa shape index (κ1) is 35.9. The lowest BCUT2D eigenvalue weighted by molar-refractivity contribution is -0.883. The first-order valence-corrected chi connectivity index (χ1v) is 17.3. The molecule has 0 aromatic carbocycles. The van der Waals surface area contributed by atoms with Crippen molar-refractivity contribution in [3.05, 3.63) is 12.2 Å². The molecule has 0 amide bonds. The van der Waals surface area contributed by atoms with Crippen LogP contribution in [0.2, 0.25) is 0 Å². The zero-order valence-corrected chi connectivity index (χ0v) is 26.0. The Morgan fingerprint density at radius 1 is 0.639 bits per heavy atom. The van der Waals surface area contributed by atoms with E-state index in [1.165, 1.54) is 116 Å². The van der Waals surface area contributed by atoms with Gasteiger partial charge in [-0.25, -0.2) is 0 Å². The van der Waals surface area contributed by atoms with E-state index in [-0.39, 0.29) is 5.78 Å². The van der Waals surface area contributed by atoms with Crippen LogP contribution in [0.5, 0.6) is 0 Å². The van der Waals surface area contributed by atoms with Gasteiger partial charge in [0.1, 0.15) is 0 Å². The monoisotopic (exact) mass is 530 g/mol. The molecule has 0 saturated carbocycles. The van der Waals surface area contributed by atoms with Crippen molar-refractivity contribution in [2.75, 3.05) is 27.7 Å². The van der Waals surface area contributed by atoms with Crippen LogP contribution in [0, 0.1) is 0 Å². The number of hydrogen-bond donors (Lipinski definition) is 1. The van der Waals surface area contributed by atoms with Crippen molar-refractivity contribution in [2.24, 2.45) is 0 Å². The number of quaternary nitrogens is 1. The maximum Gasteiger partial charge on any atom is 0.385 e.